The van der Waals surface area contributed by atoms with Crippen molar-refractivity contribution in [1.29, 1.82) is 0 Å². The normalized spacial score (nSPS) is 11.0. The fraction of sp³-hybridized carbons (Fsp3) is 0.118. The van der Waals surface area contributed by atoms with Crippen molar-refractivity contribution >= 4 is 34.1 Å². The smallest absolute Gasteiger partial charge is 0.387 e. The van der Waals surface area contributed by atoms with E-state index in [9.17, 15) is 18.8 Å². The molecule has 0 radical (unpaired) electrons. The highest BCUT2D eigenvalue weighted by Gasteiger charge is 2.18. The van der Waals surface area contributed by atoms with Crippen LogP contribution < -0.4 is 14.8 Å². The van der Waals surface area contributed by atoms with Gasteiger partial charge in [0.2, 0.25) is 6.20 Å². The standard InChI is InChI=1S/C17H12ClF2N3O3/c1-9-2-3-10-11(4-5-14(15(10)21-9)26-17(19)20)16(24)22-13-6-7-23(25)8-12(13)18/h2-8,17H,1H3,(H,22,24). The van der Waals surface area contributed by atoms with Gasteiger partial charge in [-0.3, -0.25) is 4.79 Å². The number of ether oxygens (including phenoxy) is 1. The van der Waals surface area contributed by atoms with Crippen LogP contribution in [0, 0.1) is 12.1 Å². The number of alkyl halides is 2. The van der Waals surface area contributed by atoms with E-state index in [1.54, 1.807) is 19.1 Å². The maximum atomic E-state index is 12.6. The van der Waals surface area contributed by atoms with Crippen molar-refractivity contribution in [2.75, 3.05) is 5.32 Å². The van der Waals surface area contributed by atoms with Crippen LogP contribution in [-0.4, -0.2) is 17.5 Å². The van der Waals surface area contributed by atoms with Crippen molar-refractivity contribution in [2.24, 2.45) is 0 Å². The first-order valence-corrected chi connectivity index (χ1v) is 7.78. The molecule has 9 heteroatoms. The van der Waals surface area contributed by atoms with Crippen LogP contribution in [0.5, 0.6) is 5.75 Å². The van der Waals surface area contributed by atoms with E-state index in [2.05, 4.69) is 15.0 Å². The average molecular weight is 380 g/mol. The number of pyridine rings is 2. The zero-order chi connectivity index (χ0) is 18.8. The Labute approximate surface area is 151 Å². The Morgan fingerprint density at radius 2 is 2.08 bits per heavy atom. The van der Waals surface area contributed by atoms with Crippen LogP contribution in [0.15, 0.2) is 42.7 Å². The van der Waals surface area contributed by atoms with E-state index in [1.165, 1.54) is 24.4 Å². The molecule has 134 valence electrons. The quantitative estimate of drug-likeness (QED) is 0.554. The summed E-state index contributed by atoms with van der Waals surface area (Å²) in [7, 11) is 0. The molecular formula is C17H12ClF2N3O3. The number of aryl methyl sites for hydroxylation is 1. The van der Waals surface area contributed by atoms with Gasteiger partial charge < -0.3 is 15.3 Å². The number of hydrogen-bond donors (Lipinski definition) is 1. The maximum absolute atomic E-state index is 12.6. The van der Waals surface area contributed by atoms with Crippen LogP contribution >= 0.6 is 11.6 Å². The Hall–Kier alpha value is -3.00. The molecule has 0 unspecified atom stereocenters. The fourth-order valence-corrected chi connectivity index (χ4v) is 2.63. The molecule has 2 aromatic heterocycles. The second-order valence-electron chi connectivity index (χ2n) is 5.36. The predicted molar refractivity (Wildman–Crippen MR) is 91.5 cm³/mol. The first-order valence-electron chi connectivity index (χ1n) is 7.40. The summed E-state index contributed by atoms with van der Waals surface area (Å²) in [6.07, 6.45) is 2.28. The van der Waals surface area contributed by atoms with Gasteiger partial charge in [-0.25, -0.2) is 4.98 Å². The Balaban J connectivity index is 2.03. The molecule has 0 bridgehead atoms. The number of anilines is 1. The highest BCUT2D eigenvalue weighted by atomic mass is 35.5. The number of nitrogens with zero attached hydrogens (tertiary/aromatic N) is 2. The number of hydrogen-bond acceptors (Lipinski definition) is 4. The van der Waals surface area contributed by atoms with E-state index >= 15 is 0 Å². The number of carbonyl (C=O) groups excluding carboxylic acids is 1. The number of carbonyl (C=O) groups is 1. The number of fused-ring (bicyclic) bond motifs is 1. The van der Waals surface area contributed by atoms with E-state index in [1.807, 2.05) is 0 Å². The van der Waals surface area contributed by atoms with Gasteiger partial charge in [-0.15, -0.1) is 0 Å². The molecule has 3 aromatic rings. The fourth-order valence-electron chi connectivity index (χ4n) is 2.42. The van der Waals surface area contributed by atoms with Gasteiger partial charge in [0.25, 0.3) is 5.91 Å². The monoisotopic (exact) mass is 379 g/mol. The van der Waals surface area contributed by atoms with Crippen molar-refractivity contribution in [2.45, 2.75) is 13.5 Å². The van der Waals surface area contributed by atoms with Gasteiger partial charge in [-0.2, -0.15) is 13.5 Å². The SMILES string of the molecule is Cc1ccc2c(C(=O)Nc3cc[n+]([O-])cc3Cl)ccc(OC(F)F)c2n1. The van der Waals surface area contributed by atoms with Crippen LogP contribution in [0.2, 0.25) is 5.02 Å². The summed E-state index contributed by atoms with van der Waals surface area (Å²) in [5.74, 6) is -0.657. The zero-order valence-electron chi connectivity index (χ0n) is 13.4. The Morgan fingerprint density at radius 3 is 2.77 bits per heavy atom. The number of halogens is 3. The lowest BCUT2D eigenvalue weighted by molar-refractivity contribution is -0.605. The van der Waals surface area contributed by atoms with Crippen molar-refractivity contribution in [3.05, 3.63) is 64.2 Å². The Morgan fingerprint density at radius 1 is 1.31 bits per heavy atom. The summed E-state index contributed by atoms with van der Waals surface area (Å²) < 4.78 is 30.2. The van der Waals surface area contributed by atoms with Gasteiger partial charge in [-0.1, -0.05) is 17.7 Å². The highest BCUT2D eigenvalue weighted by molar-refractivity contribution is 6.33. The van der Waals surface area contributed by atoms with Crippen LogP contribution in [0.25, 0.3) is 10.9 Å². The third kappa shape index (κ3) is 3.65. The van der Waals surface area contributed by atoms with Crippen molar-refractivity contribution < 1.29 is 23.0 Å². The number of nitrogens with one attached hydrogen (secondary N) is 1. The summed E-state index contributed by atoms with van der Waals surface area (Å²) in [6, 6.07) is 7.22. The molecule has 6 nitrogen and oxygen atoms in total. The Kier molecular flexibility index (Phi) is 4.85. The summed E-state index contributed by atoms with van der Waals surface area (Å²) in [6.45, 7) is -1.32. The van der Waals surface area contributed by atoms with Gasteiger partial charge in [0, 0.05) is 22.7 Å². The van der Waals surface area contributed by atoms with E-state index in [0.717, 1.165) is 6.20 Å². The average Bonchev–Trinajstić information content (AvgIpc) is 2.57. The third-order valence-electron chi connectivity index (χ3n) is 3.55. The van der Waals surface area contributed by atoms with Crippen molar-refractivity contribution in [3.63, 3.8) is 0 Å². The molecule has 0 atom stereocenters. The first kappa shape index (κ1) is 17.8. The summed E-state index contributed by atoms with van der Waals surface area (Å²) in [5.41, 5.74) is 1.17. The minimum Gasteiger partial charge on any atom is -0.619 e. The zero-order valence-corrected chi connectivity index (χ0v) is 14.1. The lowest BCUT2D eigenvalue weighted by Crippen LogP contribution is -2.25. The highest BCUT2D eigenvalue weighted by Crippen LogP contribution is 2.29. The molecule has 26 heavy (non-hydrogen) atoms. The molecule has 0 saturated heterocycles. The van der Waals surface area contributed by atoms with Crippen molar-refractivity contribution in [3.8, 4) is 5.75 Å². The molecule has 3 rings (SSSR count). The molecule has 0 fully saturated rings. The summed E-state index contributed by atoms with van der Waals surface area (Å²) in [4.78, 5) is 16.8. The molecule has 1 N–H and O–H groups in total. The minimum absolute atomic E-state index is 0.0618. The second-order valence-corrected chi connectivity index (χ2v) is 5.77. The van der Waals surface area contributed by atoms with E-state index < -0.39 is 12.5 Å². The molecule has 0 aliphatic rings. The topological polar surface area (TPSA) is 78.2 Å². The van der Waals surface area contributed by atoms with Gasteiger partial charge in [0.15, 0.2) is 11.9 Å². The number of amides is 1. The number of benzene rings is 1. The van der Waals surface area contributed by atoms with Crippen LogP contribution in [0.3, 0.4) is 0 Å². The van der Waals surface area contributed by atoms with Gasteiger partial charge in [0.1, 0.15) is 10.5 Å². The molecule has 0 saturated carbocycles. The maximum Gasteiger partial charge on any atom is 0.387 e. The van der Waals surface area contributed by atoms with Gasteiger partial charge in [0.05, 0.1) is 5.69 Å². The lowest BCUT2D eigenvalue weighted by Gasteiger charge is -2.12. The third-order valence-corrected chi connectivity index (χ3v) is 3.86. The molecule has 1 aromatic carbocycles. The molecular weight excluding hydrogens is 368 g/mol. The molecule has 2 heterocycles. The van der Waals surface area contributed by atoms with E-state index in [0.29, 0.717) is 15.8 Å². The van der Waals surface area contributed by atoms with Crippen LogP contribution in [-0.2, 0) is 0 Å². The molecule has 0 aliphatic heterocycles. The van der Waals surface area contributed by atoms with Crippen molar-refractivity contribution in [1.82, 2.24) is 4.98 Å². The lowest BCUT2D eigenvalue weighted by atomic mass is 10.1. The van der Waals surface area contributed by atoms with E-state index in [4.69, 9.17) is 11.6 Å². The molecule has 0 aliphatic carbocycles. The second kappa shape index (κ2) is 7.09. The van der Waals surface area contributed by atoms with Crippen LogP contribution in [0.1, 0.15) is 16.1 Å². The number of aromatic nitrogens is 2. The van der Waals surface area contributed by atoms with Crippen LogP contribution in [0.4, 0.5) is 14.5 Å². The molecule has 1 amide bonds. The van der Waals surface area contributed by atoms with Gasteiger partial charge in [-0.05, 0) is 25.1 Å². The number of rotatable bonds is 4. The predicted octanol–water partition coefficient (Wildman–Crippen LogP) is 3.68. The largest absolute Gasteiger partial charge is 0.619 e. The molecule has 0 spiro atoms. The van der Waals surface area contributed by atoms with Gasteiger partial charge >= 0.3 is 6.61 Å². The summed E-state index contributed by atoms with van der Waals surface area (Å²) >= 11 is 5.93. The minimum atomic E-state index is -3.01. The summed E-state index contributed by atoms with van der Waals surface area (Å²) in [5, 5.41) is 14.2. The van der Waals surface area contributed by atoms with E-state index in [-0.39, 0.29) is 27.5 Å². The first-order chi connectivity index (χ1) is 12.3. The Bertz CT molecular complexity index is 998.